The molecule has 2 bridgehead atoms. The van der Waals surface area contributed by atoms with E-state index in [4.69, 9.17) is 9.47 Å². The molecule has 2 saturated carbocycles. The third-order valence-electron chi connectivity index (χ3n) is 6.50. The van der Waals surface area contributed by atoms with E-state index in [1.165, 1.54) is 6.21 Å². The van der Waals surface area contributed by atoms with Gasteiger partial charge in [0, 0.05) is 0 Å². The molecule has 0 spiro atoms. The standard InChI is InChI=1S/C21H21BrN2O4/c1-3-28-19-15(22)6-10(7-16(19)27-2)9-23-24-20(25)17-11-4-5-12(14-8-13(11)14)18(17)21(24)26/h4-7,9,11-14,17-18H,3,8H2,1-2H3/b23-9-/t11-,12-,13-,14+,17-,18-/m1/s1. The van der Waals surface area contributed by atoms with E-state index in [0.29, 0.717) is 35.5 Å². The molecule has 1 saturated heterocycles. The minimum absolute atomic E-state index is 0.159. The number of halogens is 1. The molecule has 5 aliphatic rings. The number of benzene rings is 1. The SMILES string of the molecule is CCOc1c(Br)cc(/C=N\N2C(=O)[C@@H]3[C@@H]4C=C[C@H]([C@@H]5C[C@H]45)[C@H]3C2=O)cc1OC. The first-order valence-electron chi connectivity index (χ1n) is 9.65. The van der Waals surface area contributed by atoms with Gasteiger partial charge >= 0.3 is 0 Å². The molecule has 6 atom stereocenters. The van der Waals surface area contributed by atoms with Gasteiger partial charge in [0.15, 0.2) is 11.5 Å². The number of hydrogen-bond donors (Lipinski definition) is 0. The third-order valence-corrected chi connectivity index (χ3v) is 7.09. The number of allylic oxidation sites excluding steroid dienone is 2. The fourth-order valence-corrected chi connectivity index (χ4v) is 5.85. The molecule has 0 aromatic heterocycles. The van der Waals surface area contributed by atoms with Gasteiger partial charge in [0.2, 0.25) is 0 Å². The maximum atomic E-state index is 13.0. The fourth-order valence-electron chi connectivity index (χ4n) is 5.28. The lowest BCUT2D eigenvalue weighted by Gasteiger charge is -2.37. The van der Waals surface area contributed by atoms with Gasteiger partial charge in [-0.05, 0) is 70.6 Å². The summed E-state index contributed by atoms with van der Waals surface area (Å²) >= 11 is 3.48. The van der Waals surface area contributed by atoms with Gasteiger partial charge in [0.1, 0.15) is 0 Å². The van der Waals surface area contributed by atoms with Crippen molar-refractivity contribution in [1.29, 1.82) is 0 Å². The second kappa shape index (κ2) is 6.44. The Morgan fingerprint density at radius 1 is 1.18 bits per heavy atom. The zero-order valence-corrected chi connectivity index (χ0v) is 17.3. The first-order chi connectivity index (χ1) is 13.5. The molecule has 0 unspecified atom stereocenters. The van der Waals surface area contributed by atoms with Gasteiger partial charge in [-0.1, -0.05) is 12.2 Å². The van der Waals surface area contributed by atoms with Crippen LogP contribution >= 0.6 is 15.9 Å². The highest BCUT2D eigenvalue weighted by molar-refractivity contribution is 9.10. The highest BCUT2D eigenvalue weighted by atomic mass is 79.9. The van der Waals surface area contributed by atoms with Crippen LogP contribution < -0.4 is 9.47 Å². The maximum Gasteiger partial charge on any atom is 0.254 e. The van der Waals surface area contributed by atoms with E-state index in [1.54, 1.807) is 13.2 Å². The summed E-state index contributed by atoms with van der Waals surface area (Å²) in [6, 6.07) is 3.60. The molecule has 1 aliphatic heterocycles. The molecule has 0 radical (unpaired) electrons. The van der Waals surface area contributed by atoms with Gasteiger partial charge < -0.3 is 9.47 Å². The normalized spacial score (nSPS) is 34.8. The average Bonchev–Trinajstić information content (AvgIpc) is 3.47. The van der Waals surface area contributed by atoms with E-state index in [1.807, 2.05) is 13.0 Å². The lowest BCUT2D eigenvalue weighted by molar-refractivity contribution is -0.140. The molecule has 1 aromatic carbocycles. The Kier molecular flexibility index (Phi) is 4.12. The van der Waals surface area contributed by atoms with Crippen molar-refractivity contribution in [1.82, 2.24) is 5.01 Å². The van der Waals surface area contributed by atoms with E-state index >= 15 is 0 Å². The maximum absolute atomic E-state index is 13.0. The molecule has 0 N–H and O–H groups in total. The largest absolute Gasteiger partial charge is 0.493 e. The summed E-state index contributed by atoms with van der Waals surface area (Å²) < 4.78 is 11.7. The molecule has 3 fully saturated rings. The number of carbonyl (C=O) groups excluding carboxylic acids is 2. The second-order valence-electron chi connectivity index (χ2n) is 7.85. The van der Waals surface area contributed by atoms with Gasteiger partial charge in [0.25, 0.3) is 11.8 Å². The summed E-state index contributed by atoms with van der Waals surface area (Å²) in [5, 5.41) is 5.36. The Morgan fingerprint density at radius 3 is 2.39 bits per heavy atom. The Balaban J connectivity index is 1.41. The summed E-state index contributed by atoms with van der Waals surface area (Å²) in [5.41, 5.74) is 0.714. The number of hydrazone groups is 1. The zero-order chi connectivity index (χ0) is 19.6. The van der Waals surface area contributed by atoms with Crippen LogP contribution in [0.1, 0.15) is 18.9 Å². The quantitative estimate of drug-likeness (QED) is 0.397. The van der Waals surface area contributed by atoms with Gasteiger partial charge in [-0.25, -0.2) is 0 Å². The Morgan fingerprint density at radius 2 is 1.82 bits per heavy atom. The number of hydrogen-bond acceptors (Lipinski definition) is 5. The Bertz CT molecular complexity index is 891. The van der Waals surface area contributed by atoms with Crippen molar-refractivity contribution in [3.05, 3.63) is 34.3 Å². The summed E-state index contributed by atoms with van der Waals surface area (Å²) in [7, 11) is 1.57. The average molecular weight is 445 g/mol. The number of amides is 2. The van der Waals surface area contributed by atoms with Crippen LogP contribution in [-0.2, 0) is 9.59 Å². The zero-order valence-electron chi connectivity index (χ0n) is 15.7. The lowest BCUT2D eigenvalue weighted by atomic mass is 9.63. The predicted molar refractivity (Wildman–Crippen MR) is 106 cm³/mol. The van der Waals surface area contributed by atoms with Crippen molar-refractivity contribution in [2.45, 2.75) is 13.3 Å². The van der Waals surface area contributed by atoms with Crippen LogP contribution in [0, 0.1) is 35.5 Å². The van der Waals surface area contributed by atoms with E-state index in [0.717, 1.165) is 15.9 Å². The molecule has 1 aromatic rings. The lowest BCUT2D eigenvalue weighted by Crippen LogP contribution is -2.40. The molecule has 1 heterocycles. The number of ether oxygens (including phenoxy) is 2. The molecule has 2 amide bonds. The predicted octanol–water partition coefficient (Wildman–Crippen LogP) is 3.24. The molecular formula is C21H21BrN2O4. The summed E-state index contributed by atoms with van der Waals surface area (Å²) in [4.78, 5) is 25.9. The number of nitrogens with zero attached hydrogens (tertiary/aromatic N) is 2. The van der Waals surface area contributed by atoms with Crippen LogP contribution in [0.25, 0.3) is 0 Å². The Labute approximate surface area is 171 Å². The fraction of sp³-hybridized carbons (Fsp3) is 0.476. The van der Waals surface area contributed by atoms with Crippen molar-refractivity contribution in [3.63, 3.8) is 0 Å². The van der Waals surface area contributed by atoms with Crippen LogP contribution in [0.5, 0.6) is 11.5 Å². The molecule has 4 aliphatic carbocycles. The minimum Gasteiger partial charge on any atom is -0.493 e. The number of methoxy groups -OCH3 is 1. The third kappa shape index (κ3) is 2.48. The number of carbonyl (C=O) groups is 2. The molecule has 28 heavy (non-hydrogen) atoms. The highest BCUT2D eigenvalue weighted by Crippen LogP contribution is 2.65. The van der Waals surface area contributed by atoms with Crippen molar-refractivity contribution >= 4 is 34.0 Å². The van der Waals surface area contributed by atoms with E-state index in [9.17, 15) is 9.59 Å². The van der Waals surface area contributed by atoms with Gasteiger partial charge in [0.05, 0.1) is 36.2 Å². The summed E-state index contributed by atoms with van der Waals surface area (Å²) in [6.45, 7) is 2.41. The highest BCUT2D eigenvalue weighted by Gasteiger charge is 2.67. The van der Waals surface area contributed by atoms with Crippen LogP contribution in [-0.4, -0.2) is 36.8 Å². The number of rotatable bonds is 5. The van der Waals surface area contributed by atoms with Crippen LogP contribution in [0.2, 0.25) is 0 Å². The van der Waals surface area contributed by atoms with Crippen LogP contribution in [0.15, 0.2) is 33.9 Å². The van der Waals surface area contributed by atoms with E-state index in [2.05, 4.69) is 33.2 Å². The summed E-state index contributed by atoms with van der Waals surface area (Å²) in [6.07, 6.45) is 7.00. The first kappa shape index (κ1) is 17.9. The molecule has 146 valence electrons. The van der Waals surface area contributed by atoms with Gasteiger partial charge in [-0.15, -0.1) is 0 Å². The molecular weight excluding hydrogens is 424 g/mol. The van der Waals surface area contributed by atoms with Crippen molar-refractivity contribution in [2.24, 2.45) is 40.6 Å². The van der Waals surface area contributed by atoms with E-state index < -0.39 is 0 Å². The second-order valence-corrected chi connectivity index (χ2v) is 8.71. The van der Waals surface area contributed by atoms with Crippen LogP contribution in [0.4, 0.5) is 0 Å². The topological polar surface area (TPSA) is 68.2 Å². The Hall–Kier alpha value is -2.15. The van der Waals surface area contributed by atoms with E-state index in [-0.39, 0.29) is 35.5 Å². The smallest absolute Gasteiger partial charge is 0.254 e. The minimum atomic E-state index is -0.231. The van der Waals surface area contributed by atoms with Gasteiger partial charge in [-0.3, -0.25) is 9.59 Å². The molecule has 7 heteroatoms. The summed E-state index contributed by atoms with van der Waals surface area (Å²) in [5.74, 6) is 1.98. The number of imide groups is 1. The van der Waals surface area contributed by atoms with Crippen LogP contribution in [0.3, 0.4) is 0 Å². The first-order valence-corrected chi connectivity index (χ1v) is 10.4. The van der Waals surface area contributed by atoms with Crippen molar-refractivity contribution in [2.75, 3.05) is 13.7 Å². The molecule has 6 rings (SSSR count). The van der Waals surface area contributed by atoms with Crippen molar-refractivity contribution < 1.29 is 19.1 Å². The monoisotopic (exact) mass is 444 g/mol. The molecule has 6 nitrogen and oxygen atoms in total. The van der Waals surface area contributed by atoms with Crippen molar-refractivity contribution in [3.8, 4) is 11.5 Å². The van der Waals surface area contributed by atoms with Gasteiger partial charge in [-0.2, -0.15) is 10.1 Å².